The molecule has 1 aliphatic heterocycles. The van der Waals surface area contributed by atoms with Gasteiger partial charge in [0.15, 0.2) is 11.6 Å². The predicted octanol–water partition coefficient (Wildman–Crippen LogP) is 1.81. The van der Waals surface area contributed by atoms with E-state index in [1.54, 1.807) is 23.5 Å². The van der Waals surface area contributed by atoms with Crippen LogP contribution in [0.15, 0.2) is 9.81 Å². The lowest BCUT2D eigenvalue weighted by Gasteiger charge is -2.17. The average Bonchev–Trinajstić information content (AvgIpc) is 1.75. The van der Waals surface area contributed by atoms with E-state index in [9.17, 15) is 9.59 Å². The van der Waals surface area contributed by atoms with Gasteiger partial charge in [-0.2, -0.15) is 0 Å². The maximum Gasteiger partial charge on any atom is 0.165 e. The molecule has 60 valence electrons. The third-order valence-corrected chi connectivity index (χ3v) is 3.87. The number of carbonyl (C=O) groups excluding carboxylic acids is 2. The molecule has 0 saturated carbocycles. The van der Waals surface area contributed by atoms with E-state index in [2.05, 4.69) is 0 Å². The fourth-order valence-electron chi connectivity index (χ4n) is 0.798. The number of rotatable bonds is 2. The van der Waals surface area contributed by atoms with Crippen molar-refractivity contribution in [2.75, 3.05) is 5.08 Å². The Hall–Kier alpha value is -0.220. The van der Waals surface area contributed by atoms with Crippen molar-refractivity contribution in [1.82, 2.24) is 0 Å². The van der Waals surface area contributed by atoms with Crippen LogP contribution in [-0.4, -0.2) is 16.7 Å². The molecule has 0 spiro atoms. The Kier molecular flexibility index (Phi) is 2.78. The van der Waals surface area contributed by atoms with Crippen molar-refractivity contribution in [1.29, 1.82) is 0 Å². The van der Waals surface area contributed by atoms with Gasteiger partial charge in [0, 0.05) is 5.08 Å². The molecule has 0 N–H and O–H groups in total. The fourth-order valence-corrected chi connectivity index (χ4v) is 2.60. The Bertz CT molecular complexity index is 221. The molecule has 2 nitrogen and oxygen atoms in total. The van der Waals surface area contributed by atoms with E-state index in [4.69, 9.17) is 0 Å². The van der Waals surface area contributed by atoms with Gasteiger partial charge >= 0.3 is 0 Å². The van der Waals surface area contributed by atoms with E-state index in [1.807, 2.05) is 0 Å². The molecule has 0 aromatic rings. The minimum atomic E-state index is -0.118. The smallest absolute Gasteiger partial charge is 0.165 e. The Morgan fingerprint density at radius 3 is 1.73 bits per heavy atom. The zero-order valence-corrected chi connectivity index (χ0v) is 7.97. The minimum Gasteiger partial charge on any atom is -0.294 e. The Balaban J connectivity index is 2.91. The van der Waals surface area contributed by atoms with Crippen molar-refractivity contribution < 1.29 is 9.59 Å². The molecular formula is C7H8O2S2. The van der Waals surface area contributed by atoms with E-state index in [-0.39, 0.29) is 11.6 Å². The standard InChI is InChI=1S/C7H8O2S2/c1-4(8)6(5(2)9)7-10-3-11-7/h3H2,1-2H3. The van der Waals surface area contributed by atoms with Crippen LogP contribution in [0.2, 0.25) is 0 Å². The first-order valence-electron chi connectivity index (χ1n) is 3.14. The highest BCUT2D eigenvalue weighted by atomic mass is 32.3. The molecule has 1 saturated heterocycles. The summed E-state index contributed by atoms with van der Waals surface area (Å²) >= 11 is 3.14. The zero-order valence-electron chi connectivity index (χ0n) is 6.34. The Morgan fingerprint density at radius 2 is 1.64 bits per heavy atom. The summed E-state index contributed by atoms with van der Waals surface area (Å²) < 4.78 is 0.894. The van der Waals surface area contributed by atoms with Gasteiger partial charge in [-0.15, -0.1) is 23.5 Å². The second-order valence-corrected chi connectivity index (χ2v) is 4.78. The molecule has 4 heteroatoms. The first-order chi connectivity index (χ1) is 5.13. The number of hydrogen-bond donors (Lipinski definition) is 0. The molecule has 0 atom stereocenters. The van der Waals surface area contributed by atoms with Crippen LogP contribution < -0.4 is 0 Å². The molecule has 0 aliphatic carbocycles. The van der Waals surface area contributed by atoms with E-state index in [0.717, 1.165) is 9.32 Å². The molecule has 1 fully saturated rings. The van der Waals surface area contributed by atoms with Crippen molar-refractivity contribution in [3.8, 4) is 0 Å². The van der Waals surface area contributed by atoms with Crippen molar-refractivity contribution in [3.63, 3.8) is 0 Å². The van der Waals surface area contributed by atoms with Crippen LogP contribution in [0, 0.1) is 0 Å². The van der Waals surface area contributed by atoms with Crippen LogP contribution in [0.4, 0.5) is 0 Å². The van der Waals surface area contributed by atoms with Crippen molar-refractivity contribution >= 4 is 35.1 Å². The van der Waals surface area contributed by atoms with Gasteiger partial charge < -0.3 is 0 Å². The number of carbonyl (C=O) groups is 2. The number of allylic oxidation sites excluding steroid dienone is 1. The summed E-state index contributed by atoms with van der Waals surface area (Å²) in [4.78, 5) is 21.8. The highest BCUT2D eigenvalue weighted by Gasteiger charge is 2.22. The first-order valence-corrected chi connectivity index (χ1v) is 5.12. The Labute approximate surface area is 73.8 Å². The lowest BCUT2D eigenvalue weighted by Crippen LogP contribution is -2.10. The van der Waals surface area contributed by atoms with Crippen LogP contribution >= 0.6 is 23.5 Å². The molecule has 1 heterocycles. The molecule has 1 rings (SSSR count). The third kappa shape index (κ3) is 1.87. The molecule has 0 radical (unpaired) electrons. The molecule has 0 unspecified atom stereocenters. The number of hydrogen-bond acceptors (Lipinski definition) is 4. The SMILES string of the molecule is CC(=O)C(C(C)=O)=C1SCS1. The molecule has 0 amide bonds. The number of Topliss-reactive ketones (excluding diaryl/α,β-unsaturated/α-hetero) is 2. The van der Waals surface area contributed by atoms with Gasteiger partial charge in [-0.3, -0.25) is 9.59 Å². The van der Waals surface area contributed by atoms with Gasteiger partial charge in [-0.1, -0.05) is 0 Å². The topological polar surface area (TPSA) is 34.1 Å². The zero-order chi connectivity index (χ0) is 8.43. The summed E-state index contributed by atoms with van der Waals surface area (Å²) in [5, 5.41) is 0.958. The van der Waals surface area contributed by atoms with E-state index < -0.39 is 0 Å². The van der Waals surface area contributed by atoms with Crippen LogP contribution in [0.5, 0.6) is 0 Å². The molecule has 0 aromatic heterocycles. The van der Waals surface area contributed by atoms with Gasteiger partial charge in [-0.25, -0.2) is 0 Å². The summed E-state index contributed by atoms with van der Waals surface area (Å²) in [6.45, 7) is 2.87. The molecule has 0 bridgehead atoms. The van der Waals surface area contributed by atoms with Crippen LogP contribution in [0.25, 0.3) is 0 Å². The maximum absolute atomic E-state index is 10.9. The largest absolute Gasteiger partial charge is 0.294 e. The van der Waals surface area contributed by atoms with Gasteiger partial charge in [-0.05, 0) is 13.8 Å². The Morgan fingerprint density at radius 1 is 1.18 bits per heavy atom. The number of ketones is 2. The third-order valence-electron chi connectivity index (χ3n) is 1.29. The fraction of sp³-hybridized carbons (Fsp3) is 0.429. The molecule has 1 aliphatic rings. The summed E-state index contributed by atoms with van der Waals surface area (Å²) in [5.41, 5.74) is 0.381. The second-order valence-electron chi connectivity index (χ2n) is 2.18. The summed E-state index contributed by atoms with van der Waals surface area (Å²) in [6, 6.07) is 0. The first kappa shape index (κ1) is 8.87. The summed E-state index contributed by atoms with van der Waals surface area (Å²) in [6.07, 6.45) is 0. The van der Waals surface area contributed by atoms with Gasteiger partial charge in [0.25, 0.3) is 0 Å². The summed E-state index contributed by atoms with van der Waals surface area (Å²) in [7, 11) is 0. The molecular weight excluding hydrogens is 180 g/mol. The van der Waals surface area contributed by atoms with Crippen molar-refractivity contribution in [2.45, 2.75) is 13.8 Å². The number of thioether (sulfide) groups is 2. The highest BCUT2D eigenvalue weighted by molar-refractivity contribution is 8.37. The van der Waals surface area contributed by atoms with E-state index >= 15 is 0 Å². The quantitative estimate of drug-likeness (QED) is 0.376. The van der Waals surface area contributed by atoms with Crippen LogP contribution in [-0.2, 0) is 9.59 Å². The minimum absolute atomic E-state index is 0.118. The lowest BCUT2D eigenvalue weighted by molar-refractivity contribution is -0.119. The van der Waals surface area contributed by atoms with E-state index in [1.165, 1.54) is 13.8 Å². The monoisotopic (exact) mass is 188 g/mol. The van der Waals surface area contributed by atoms with Gasteiger partial charge in [0.1, 0.15) is 0 Å². The van der Waals surface area contributed by atoms with Crippen molar-refractivity contribution in [2.24, 2.45) is 0 Å². The summed E-state index contributed by atoms with van der Waals surface area (Å²) in [5.74, 6) is -0.237. The predicted molar refractivity (Wildman–Crippen MR) is 48.4 cm³/mol. The van der Waals surface area contributed by atoms with Gasteiger partial charge in [0.2, 0.25) is 0 Å². The van der Waals surface area contributed by atoms with Crippen LogP contribution in [0.3, 0.4) is 0 Å². The maximum atomic E-state index is 10.9. The molecule has 11 heavy (non-hydrogen) atoms. The van der Waals surface area contributed by atoms with Crippen LogP contribution in [0.1, 0.15) is 13.8 Å². The highest BCUT2D eigenvalue weighted by Crippen LogP contribution is 2.45. The van der Waals surface area contributed by atoms with Gasteiger partial charge in [0.05, 0.1) is 9.81 Å². The van der Waals surface area contributed by atoms with E-state index in [0.29, 0.717) is 5.57 Å². The molecule has 0 aromatic carbocycles. The lowest BCUT2D eigenvalue weighted by atomic mass is 10.1. The second kappa shape index (κ2) is 3.45. The van der Waals surface area contributed by atoms with Crippen molar-refractivity contribution in [3.05, 3.63) is 9.81 Å². The average molecular weight is 188 g/mol. The normalized spacial score (nSPS) is 15.6.